The van der Waals surface area contributed by atoms with E-state index in [1.54, 1.807) is 0 Å². The first kappa shape index (κ1) is 17.0. The standard InChI is InChI=1S/C17H36N2/c1-3-5-6-7-8-9-10-15-19(4-2)16-17-11-13-18-14-12-17/h17-18H,3-16H2,1-2H3. The molecule has 1 aliphatic rings. The predicted octanol–water partition coefficient (Wildman–Crippen LogP) is 4.06. The van der Waals surface area contributed by atoms with E-state index in [1.165, 1.54) is 90.5 Å². The van der Waals surface area contributed by atoms with Crippen LogP contribution in [0.15, 0.2) is 0 Å². The van der Waals surface area contributed by atoms with Gasteiger partial charge in [0.05, 0.1) is 0 Å². The molecule has 0 atom stereocenters. The third kappa shape index (κ3) is 8.65. The Kier molecular flexibility index (Phi) is 10.5. The number of piperidine rings is 1. The number of unbranched alkanes of at least 4 members (excludes halogenated alkanes) is 6. The third-order valence-corrected chi connectivity index (χ3v) is 4.50. The molecule has 0 bridgehead atoms. The summed E-state index contributed by atoms with van der Waals surface area (Å²) in [5.41, 5.74) is 0. The van der Waals surface area contributed by atoms with Crippen molar-refractivity contribution in [3.63, 3.8) is 0 Å². The molecule has 0 aromatic rings. The Morgan fingerprint density at radius 1 is 0.895 bits per heavy atom. The fourth-order valence-electron chi connectivity index (χ4n) is 3.10. The molecule has 0 aromatic heterocycles. The molecule has 1 fully saturated rings. The molecule has 0 aromatic carbocycles. The summed E-state index contributed by atoms with van der Waals surface area (Å²) in [6.07, 6.45) is 12.7. The van der Waals surface area contributed by atoms with Crippen LogP contribution in [0.3, 0.4) is 0 Å². The first-order chi connectivity index (χ1) is 9.36. The highest BCUT2D eigenvalue weighted by atomic mass is 15.1. The summed E-state index contributed by atoms with van der Waals surface area (Å²) >= 11 is 0. The zero-order valence-electron chi connectivity index (χ0n) is 13.4. The monoisotopic (exact) mass is 268 g/mol. The van der Waals surface area contributed by atoms with Crippen molar-refractivity contribution in [2.45, 2.75) is 71.6 Å². The van der Waals surface area contributed by atoms with Crippen molar-refractivity contribution in [1.29, 1.82) is 0 Å². The molecule has 2 nitrogen and oxygen atoms in total. The average molecular weight is 268 g/mol. The van der Waals surface area contributed by atoms with Gasteiger partial charge in [-0.15, -0.1) is 0 Å². The Morgan fingerprint density at radius 3 is 2.16 bits per heavy atom. The minimum atomic E-state index is 0.950. The van der Waals surface area contributed by atoms with Crippen LogP contribution in [0.5, 0.6) is 0 Å². The highest BCUT2D eigenvalue weighted by Gasteiger charge is 2.15. The quantitative estimate of drug-likeness (QED) is 0.569. The minimum Gasteiger partial charge on any atom is -0.317 e. The Balaban J connectivity index is 1.98. The average Bonchev–Trinajstić information content (AvgIpc) is 2.46. The van der Waals surface area contributed by atoms with Crippen molar-refractivity contribution >= 4 is 0 Å². The number of hydrogen-bond acceptors (Lipinski definition) is 2. The van der Waals surface area contributed by atoms with E-state index >= 15 is 0 Å². The van der Waals surface area contributed by atoms with Crippen molar-refractivity contribution < 1.29 is 0 Å². The molecule has 0 unspecified atom stereocenters. The molecule has 1 heterocycles. The summed E-state index contributed by atoms with van der Waals surface area (Å²) in [6.45, 7) is 11.0. The summed E-state index contributed by atoms with van der Waals surface area (Å²) in [6, 6.07) is 0. The van der Waals surface area contributed by atoms with E-state index in [9.17, 15) is 0 Å². The smallest absolute Gasteiger partial charge is 0.00105 e. The van der Waals surface area contributed by atoms with Gasteiger partial charge in [-0.2, -0.15) is 0 Å². The SMILES string of the molecule is CCCCCCCCCN(CC)CC1CCNCC1. The topological polar surface area (TPSA) is 15.3 Å². The summed E-state index contributed by atoms with van der Waals surface area (Å²) in [4.78, 5) is 2.68. The molecule has 1 rings (SSSR count). The summed E-state index contributed by atoms with van der Waals surface area (Å²) in [7, 11) is 0. The summed E-state index contributed by atoms with van der Waals surface area (Å²) in [5, 5.41) is 3.46. The Morgan fingerprint density at radius 2 is 1.53 bits per heavy atom. The largest absolute Gasteiger partial charge is 0.317 e. The van der Waals surface area contributed by atoms with Crippen LogP contribution in [0.4, 0.5) is 0 Å². The number of nitrogens with one attached hydrogen (secondary N) is 1. The molecule has 2 heteroatoms. The zero-order valence-corrected chi connectivity index (χ0v) is 13.4. The summed E-state index contributed by atoms with van der Waals surface area (Å²) in [5.74, 6) is 0.950. The Bertz CT molecular complexity index is 188. The zero-order chi connectivity index (χ0) is 13.8. The fourth-order valence-corrected chi connectivity index (χ4v) is 3.10. The van der Waals surface area contributed by atoms with Crippen molar-refractivity contribution in [2.75, 3.05) is 32.7 Å². The molecule has 0 saturated carbocycles. The van der Waals surface area contributed by atoms with Gasteiger partial charge in [-0.1, -0.05) is 52.4 Å². The molecule has 0 radical (unpaired) electrons. The van der Waals surface area contributed by atoms with Crippen LogP contribution < -0.4 is 5.32 Å². The van der Waals surface area contributed by atoms with Crippen LogP contribution in [0, 0.1) is 5.92 Å². The second kappa shape index (κ2) is 11.7. The maximum Gasteiger partial charge on any atom is 0.00105 e. The van der Waals surface area contributed by atoms with E-state index in [-0.39, 0.29) is 0 Å². The molecule has 1 N–H and O–H groups in total. The molecule has 19 heavy (non-hydrogen) atoms. The van der Waals surface area contributed by atoms with Gasteiger partial charge in [0.25, 0.3) is 0 Å². The van der Waals surface area contributed by atoms with E-state index in [1.807, 2.05) is 0 Å². The second-order valence-corrected chi connectivity index (χ2v) is 6.21. The van der Waals surface area contributed by atoms with Gasteiger partial charge in [-0.25, -0.2) is 0 Å². The normalized spacial score (nSPS) is 17.2. The van der Waals surface area contributed by atoms with Gasteiger partial charge in [0, 0.05) is 6.54 Å². The van der Waals surface area contributed by atoms with Gasteiger partial charge in [0.15, 0.2) is 0 Å². The second-order valence-electron chi connectivity index (χ2n) is 6.21. The van der Waals surface area contributed by atoms with Crippen molar-refractivity contribution in [3.8, 4) is 0 Å². The first-order valence-electron chi connectivity index (χ1n) is 8.79. The highest BCUT2D eigenvalue weighted by molar-refractivity contribution is 4.72. The van der Waals surface area contributed by atoms with E-state index in [0.717, 1.165) is 5.92 Å². The van der Waals surface area contributed by atoms with E-state index in [4.69, 9.17) is 0 Å². The van der Waals surface area contributed by atoms with Gasteiger partial charge in [-0.3, -0.25) is 0 Å². The Labute approximate surface area is 121 Å². The first-order valence-corrected chi connectivity index (χ1v) is 8.79. The van der Waals surface area contributed by atoms with Crippen LogP contribution in [-0.4, -0.2) is 37.6 Å². The molecule has 1 aliphatic heterocycles. The van der Waals surface area contributed by atoms with Crippen LogP contribution in [-0.2, 0) is 0 Å². The third-order valence-electron chi connectivity index (χ3n) is 4.50. The molecule has 1 saturated heterocycles. The van der Waals surface area contributed by atoms with Crippen LogP contribution in [0.2, 0.25) is 0 Å². The molecule has 0 amide bonds. The van der Waals surface area contributed by atoms with E-state index in [0.29, 0.717) is 0 Å². The fraction of sp³-hybridized carbons (Fsp3) is 1.00. The highest BCUT2D eigenvalue weighted by Crippen LogP contribution is 2.14. The lowest BCUT2D eigenvalue weighted by molar-refractivity contribution is 0.210. The van der Waals surface area contributed by atoms with E-state index in [2.05, 4.69) is 24.1 Å². The number of hydrogen-bond donors (Lipinski definition) is 1. The molecular formula is C17H36N2. The number of rotatable bonds is 11. The van der Waals surface area contributed by atoms with Gasteiger partial charge in [0.1, 0.15) is 0 Å². The molecule has 0 spiro atoms. The number of nitrogens with zero attached hydrogens (tertiary/aromatic N) is 1. The molecule has 114 valence electrons. The predicted molar refractivity (Wildman–Crippen MR) is 85.7 cm³/mol. The summed E-state index contributed by atoms with van der Waals surface area (Å²) < 4.78 is 0. The van der Waals surface area contributed by atoms with E-state index < -0.39 is 0 Å². The maximum absolute atomic E-state index is 3.46. The van der Waals surface area contributed by atoms with Crippen molar-refractivity contribution in [2.24, 2.45) is 5.92 Å². The van der Waals surface area contributed by atoms with Crippen LogP contribution in [0.25, 0.3) is 0 Å². The van der Waals surface area contributed by atoms with Crippen molar-refractivity contribution in [3.05, 3.63) is 0 Å². The van der Waals surface area contributed by atoms with Crippen LogP contribution >= 0.6 is 0 Å². The van der Waals surface area contributed by atoms with Crippen LogP contribution in [0.1, 0.15) is 71.6 Å². The van der Waals surface area contributed by atoms with Crippen molar-refractivity contribution in [1.82, 2.24) is 10.2 Å². The van der Waals surface area contributed by atoms with Gasteiger partial charge < -0.3 is 10.2 Å². The van der Waals surface area contributed by atoms with Gasteiger partial charge in [-0.05, 0) is 51.4 Å². The lowest BCUT2D eigenvalue weighted by atomic mass is 9.97. The Hall–Kier alpha value is -0.0800. The maximum atomic E-state index is 3.46. The van der Waals surface area contributed by atoms with Gasteiger partial charge >= 0.3 is 0 Å². The van der Waals surface area contributed by atoms with Gasteiger partial charge in [0.2, 0.25) is 0 Å². The minimum absolute atomic E-state index is 0.950. The lowest BCUT2D eigenvalue weighted by Gasteiger charge is -2.29. The molecular weight excluding hydrogens is 232 g/mol. The lowest BCUT2D eigenvalue weighted by Crippen LogP contribution is -2.36. The molecule has 0 aliphatic carbocycles.